The van der Waals surface area contributed by atoms with Crippen LogP contribution < -0.4 is 5.32 Å². The summed E-state index contributed by atoms with van der Waals surface area (Å²) in [7, 11) is 0. The molecule has 0 aromatic carbocycles. The van der Waals surface area contributed by atoms with Crippen LogP contribution >= 0.6 is 0 Å². The molecule has 2 heterocycles. The average molecular weight is 275 g/mol. The summed E-state index contributed by atoms with van der Waals surface area (Å²) in [5.74, 6) is 0.534. The van der Waals surface area contributed by atoms with Gasteiger partial charge in [-0.1, -0.05) is 0 Å². The number of carboxylic acid groups (broad SMARTS) is 1. The number of hydrogen-bond donors (Lipinski definition) is 2. The van der Waals surface area contributed by atoms with Crippen molar-refractivity contribution >= 4 is 11.8 Å². The van der Waals surface area contributed by atoms with Gasteiger partial charge in [-0.3, -0.25) is 0 Å². The standard InChI is InChI=1S/C14H17N3O3/c1-7-5-8(2)16-12(11(7)14(18)19)17-10(4)13-15-6-9(3)20-13/h5-6,10H,1-4H3,(H,16,17)(H,18,19). The third kappa shape index (κ3) is 2.79. The Morgan fingerprint density at radius 1 is 1.40 bits per heavy atom. The van der Waals surface area contributed by atoms with E-state index < -0.39 is 5.97 Å². The largest absolute Gasteiger partial charge is 0.478 e. The molecular weight excluding hydrogens is 258 g/mol. The minimum absolute atomic E-state index is 0.172. The molecule has 6 heteroatoms. The van der Waals surface area contributed by atoms with Crippen LogP contribution in [0.3, 0.4) is 0 Å². The zero-order valence-electron chi connectivity index (χ0n) is 11.9. The van der Waals surface area contributed by atoms with Crippen LogP contribution in [0.1, 0.15) is 46.2 Å². The molecule has 2 rings (SSSR count). The predicted molar refractivity (Wildman–Crippen MR) is 73.9 cm³/mol. The summed E-state index contributed by atoms with van der Waals surface area (Å²) in [4.78, 5) is 19.7. The van der Waals surface area contributed by atoms with Crippen molar-refractivity contribution in [2.24, 2.45) is 0 Å². The smallest absolute Gasteiger partial charge is 0.339 e. The van der Waals surface area contributed by atoms with E-state index in [4.69, 9.17) is 4.42 Å². The molecule has 0 spiro atoms. The fourth-order valence-electron chi connectivity index (χ4n) is 2.05. The van der Waals surface area contributed by atoms with Crippen molar-refractivity contribution in [1.82, 2.24) is 9.97 Å². The fraction of sp³-hybridized carbons (Fsp3) is 0.357. The molecule has 0 aliphatic carbocycles. The molecule has 106 valence electrons. The highest BCUT2D eigenvalue weighted by Gasteiger charge is 2.19. The Hall–Kier alpha value is -2.37. The van der Waals surface area contributed by atoms with Crippen molar-refractivity contribution < 1.29 is 14.3 Å². The van der Waals surface area contributed by atoms with Crippen LogP contribution in [0.2, 0.25) is 0 Å². The summed E-state index contributed by atoms with van der Waals surface area (Å²) >= 11 is 0. The molecule has 2 aromatic rings. The van der Waals surface area contributed by atoms with Gasteiger partial charge < -0.3 is 14.8 Å². The summed E-state index contributed by atoms with van der Waals surface area (Å²) in [6, 6.07) is 1.48. The van der Waals surface area contributed by atoms with Crippen LogP contribution in [0.25, 0.3) is 0 Å². The van der Waals surface area contributed by atoms with Crippen LogP contribution in [0, 0.1) is 20.8 Å². The number of pyridine rings is 1. The van der Waals surface area contributed by atoms with Crippen molar-refractivity contribution in [2.45, 2.75) is 33.7 Å². The Morgan fingerprint density at radius 3 is 2.65 bits per heavy atom. The Balaban J connectivity index is 2.35. The van der Waals surface area contributed by atoms with Crippen LogP contribution in [0.4, 0.5) is 5.82 Å². The molecular formula is C14H17N3O3. The molecule has 1 atom stereocenters. The molecule has 0 saturated heterocycles. The molecule has 2 aromatic heterocycles. The van der Waals surface area contributed by atoms with E-state index in [1.165, 1.54) is 0 Å². The fourth-order valence-corrected chi connectivity index (χ4v) is 2.05. The summed E-state index contributed by atoms with van der Waals surface area (Å²) in [5.41, 5.74) is 1.60. The Morgan fingerprint density at radius 2 is 2.10 bits per heavy atom. The SMILES string of the molecule is Cc1cc(C)c(C(=O)O)c(NC(C)c2ncc(C)o2)n1. The van der Waals surface area contributed by atoms with E-state index in [9.17, 15) is 9.90 Å². The molecule has 6 nitrogen and oxygen atoms in total. The van der Waals surface area contributed by atoms with Gasteiger partial charge in [0, 0.05) is 5.69 Å². The second-order valence-electron chi connectivity index (χ2n) is 4.78. The number of nitrogens with zero attached hydrogens (tertiary/aromatic N) is 2. The lowest BCUT2D eigenvalue weighted by Gasteiger charge is -2.15. The zero-order chi connectivity index (χ0) is 14.9. The van der Waals surface area contributed by atoms with E-state index in [1.807, 2.05) is 13.8 Å². The maximum atomic E-state index is 11.4. The van der Waals surface area contributed by atoms with E-state index in [1.54, 1.807) is 26.1 Å². The number of carbonyl (C=O) groups is 1. The highest BCUT2D eigenvalue weighted by molar-refractivity contribution is 5.94. The Labute approximate surface area is 116 Å². The number of rotatable bonds is 4. The molecule has 0 saturated carbocycles. The Kier molecular flexibility index (Phi) is 3.74. The van der Waals surface area contributed by atoms with Gasteiger partial charge >= 0.3 is 5.97 Å². The first-order valence-electron chi connectivity index (χ1n) is 6.29. The van der Waals surface area contributed by atoms with Gasteiger partial charge in [0.25, 0.3) is 0 Å². The molecule has 0 aliphatic heterocycles. The van der Waals surface area contributed by atoms with Gasteiger partial charge in [0.1, 0.15) is 23.2 Å². The normalized spacial score (nSPS) is 12.2. The van der Waals surface area contributed by atoms with Crippen molar-refractivity contribution in [2.75, 3.05) is 5.32 Å². The van der Waals surface area contributed by atoms with Crippen molar-refractivity contribution in [1.29, 1.82) is 0 Å². The lowest BCUT2D eigenvalue weighted by molar-refractivity contribution is 0.0696. The van der Waals surface area contributed by atoms with Gasteiger partial charge in [-0.2, -0.15) is 0 Å². The second kappa shape index (κ2) is 5.32. The number of oxazole rings is 1. The quantitative estimate of drug-likeness (QED) is 0.892. The maximum absolute atomic E-state index is 11.4. The van der Waals surface area contributed by atoms with Gasteiger partial charge in [-0.25, -0.2) is 14.8 Å². The number of nitrogens with one attached hydrogen (secondary N) is 1. The first kappa shape index (κ1) is 14.0. The van der Waals surface area contributed by atoms with Gasteiger partial charge in [0.05, 0.1) is 6.20 Å². The van der Waals surface area contributed by atoms with Crippen molar-refractivity contribution in [3.63, 3.8) is 0 Å². The number of aryl methyl sites for hydroxylation is 3. The molecule has 0 fully saturated rings. The van der Waals surface area contributed by atoms with Crippen LogP contribution in [0.5, 0.6) is 0 Å². The monoisotopic (exact) mass is 275 g/mol. The predicted octanol–water partition coefficient (Wildman–Crippen LogP) is 2.87. The van der Waals surface area contributed by atoms with Crippen molar-refractivity contribution in [3.05, 3.63) is 40.7 Å². The Bertz CT molecular complexity index is 649. The highest BCUT2D eigenvalue weighted by Crippen LogP contribution is 2.23. The lowest BCUT2D eigenvalue weighted by atomic mass is 10.1. The van der Waals surface area contributed by atoms with E-state index in [0.717, 1.165) is 5.69 Å². The molecule has 0 bridgehead atoms. The first-order chi connectivity index (χ1) is 9.38. The minimum Gasteiger partial charge on any atom is -0.478 e. The van der Waals surface area contributed by atoms with E-state index >= 15 is 0 Å². The minimum atomic E-state index is -1.01. The molecule has 0 radical (unpaired) electrons. The van der Waals surface area contributed by atoms with Crippen molar-refractivity contribution in [3.8, 4) is 0 Å². The van der Waals surface area contributed by atoms with E-state index in [-0.39, 0.29) is 11.6 Å². The van der Waals surface area contributed by atoms with Gasteiger partial charge in [-0.05, 0) is 39.3 Å². The third-order valence-corrected chi connectivity index (χ3v) is 2.92. The lowest BCUT2D eigenvalue weighted by Crippen LogP contribution is -2.14. The topological polar surface area (TPSA) is 88.2 Å². The van der Waals surface area contributed by atoms with E-state index in [0.29, 0.717) is 23.0 Å². The van der Waals surface area contributed by atoms with Crippen LogP contribution in [-0.4, -0.2) is 21.0 Å². The highest BCUT2D eigenvalue weighted by atomic mass is 16.4. The average Bonchev–Trinajstić information content (AvgIpc) is 2.74. The molecule has 0 aliphatic rings. The number of carboxylic acids is 1. The first-order valence-corrected chi connectivity index (χ1v) is 6.29. The number of aromatic nitrogens is 2. The van der Waals surface area contributed by atoms with Crippen LogP contribution in [-0.2, 0) is 0 Å². The number of anilines is 1. The molecule has 0 amide bonds. The number of aromatic carboxylic acids is 1. The summed E-state index contributed by atoms with van der Waals surface area (Å²) in [6.45, 7) is 7.23. The summed E-state index contributed by atoms with van der Waals surface area (Å²) < 4.78 is 5.43. The van der Waals surface area contributed by atoms with E-state index in [2.05, 4.69) is 15.3 Å². The second-order valence-corrected chi connectivity index (χ2v) is 4.78. The molecule has 2 N–H and O–H groups in total. The number of hydrogen-bond acceptors (Lipinski definition) is 5. The van der Waals surface area contributed by atoms with Gasteiger partial charge in [-0.15, -0.1) is 0 Å². The summed E-state index contributed by atoms with van der Waals surface area (Å²) in [6.07, 6.45) is 1.63. The van der Waals surface area contributed by atoms with Gasteiger partial charge in [0.2, 0.25) is 5.89 Å². The van der Waals surface area contributed by atoms with Gasteiger partial charge in [0.15, 0.2) is 0 Å². The maximum Gasteiger partial charge on any atom is 0.339 e. The van der Waals surface area contributed by atoms with Crippen LogP contribution in [0.15, 0.2) is 16.7 Å². The zero-order valence-corrected chi connectivity index (χ0v) is 11.9. The molecule has 20 heavy (non-hydrogen) atoms. The third-order valence-electron chi connectivity index (χ3n) is 2.92. The molecule has 1 unspecified atom stereocenters. The summed E-state index contributed by atoms with van der Waals surface area (Å²) in [5, 5.41) is 12.4.